The minimum Gasteiger partial charge on any atom is -0.497 e. The van der Waals surface area contributed by atoms with E-state index >= 15 is 0 Å². The molecule has 1 N–H and O–H groups in total. The van der Waals surface area contributed by atoms with Crippen molar-refractivity contribution in [2.24, 2.45) is 0 Å². The highest BCUT2D eigenvalue weighted by atomic mass is 16.5. The Morgan fingerprint density at radius 2 is 1.73 bits per heavy atom. The zero-order chi connectivity index (χ0) is 15.8. The summed E-state index contributed by atoms with van der Waals surface area (Å²) in [6.45, 7) is 5.39. The van der Waals surface area contributed by atoms with E-state index in [-0.39, 0.29) is 6.10 Å². The van der Waals surface area contributed by atoms with Gasteiger partial charge in [0.05, 0.1) is 20.3 Å². The first-order valence-corrected chi connectivity index (χ1v) is 7.48. The van der Waals surface area contributed by atoms with E-state index in [4.69, 9.17) is 14.2 Å². The van der Waals surface area contributed by atoms with Crippen molar-refractivity contribution in [2.45, 2.75) is 20.0 Å². The minimum absolute atomic E-state index is 0.0455. The van der Waals surface area contributed by atoms with Crippen LogP contribution in [-0.2, 0) is 0 Å². The molecule has 1 atom stereocenters. The van der Waals surface area contributed by atoms with Crippen molar-refractivity contribution in [1.82, 2.24) is 0 Å². The highest BCUT2D eigenvalue weighted by Gasteiger charge is 2.05. The first-order valence-electron chi connectivity index (χ1n) is 7.48. The molecule has 2 aromatic rings. The van der Waals surface area contributed by atoms with Gasteiger partial charge in [0.15, 0.2) is 0 Å². The van der Waals surface area contributed by atoms with E-state index in [9.17, 15) is 0 Å². The topological polar surface area (TPSA) is 39.7 Å². The molecule has 0 heterocycles. The second kappa shape index (κ2) is 8.17. The van der Waals surface area contributed by atoms with E-state index in [2.05, 4.69) is 5.32 Å². The summed E-state index contributed by atoms with van der Waals surface area (Å²) in [5, 5.41) is 3.36. The Morgan fingerprint density at radius 1 is 1.00 bits per heavy atom. The summed E-state index contributed by atoms with van der Waals surface area (Å²) in [5.74, 6) is 2.53. The van der Waals surface area contributed by atoms with Crippen LogP contribution in [-0.4, -0.2) is 26.4 Å². The fraction of sp³-hybridized carbons (Fsp3) is 0.333. The molecule has 0 aliphatic rings. The lowest BCUT2D eigenvalue weighted by Crippen LogP contribution is -2.22. The van der Waals surface area contributed by atoms with Gasteiger partial charge in [-0.25, -0.2) is 0 Å². The third-order valence-corrected chi connectivity index (χ3v) is 3.14. The molecule has 0 spiro atoms. The van der Waals surface area contributed by atoms with Crippen LogP contribution in [0.1, 0.15) is 13.8 Å². The molecule has 0 amide bonds. The maximum Gasteiger partial charge on any atom is 0.121 e. The highest BCUT2D eigenvalue weighted by Crippen LogP contribution is 2.19. The molecule has 0 fully saturated rings. The first kappa shape index (κ1) is 16.0. The molecule has 2 aromatic carbocycles. The summed E-state index contributed by atoms with van der Waals surface area (Å²) in [6.07, 6.45) is 0.0455. The van der Waals surface area contributed by atoms with Crippen LogP contribution in [0.4, 0.5) is 5.69 Å². The van der Waals surface area contributed by atoms with E-state index in [0.717, 1.165) is 22.9 Å². The van der Waals surface area contributed by atoms with Crippen LogP contribution in [0.2, 0.25) is 0 Å². The molecular weight excluding hydrogens is 278 g/mol. The lowest BCUT2D eigenvalue weighted by molar-refractivity contribution is 0.234. The number of anilines is 1. The Bertz CT molecular complexity index is 569. The predicted molar refractivity (Wildman–Crippen MR) is 89.2 cm³/mol. The summed E-state index contributed by atoms with van der Waals surface area (Å²) in [7, 11) is 1.65. The number of ether oxygens (including phenoxy) is 3. The van der Waals surface area contributed by atoms with Crippen LogP contribution in [0.5, 0.6) is 17.2 Å². The van der Waals surface area contributed by atoms with Crippen LogP contribution in [0.3, 0.4) is 0 Å². The SMILES string of the molecule is CCOc1cccc(NC[C@@H](C)Oc2ccc(OC)cc2)c1. The van der Waals surface area contributed by atoms with Gasteiger partial charge in [-0.05, 0) is 50.2 Å². The molecule has 0 bridgehead atoms. The monoisotopic (exact) mass is 301 g/mol. The number of nitrogens with one attached hydrogen (secondary N) is 1. The summed E-state index contributed by atoms with van der Waals surface area (Å²) in [5.41, 5.74) is 1.02. The maximum absolute atomic E-state index is 5.86. The smallest absolute Gasteiger partial charge is 0.121 e. The van der Waals surface area contributed by atoms with Crippen molar-refractivity contribution in [3.05, 3.63) is 48.5 Å². The van der Waals surface area contributed by atoms with Crippen molar-refractivity contribution in [2.75, 3.05) is 25.6 Å². The Hall–Kier alpha value is -2.36. The molecule has 0 radical (unpaired) electrons. The van der Waals surface area contributed by atoms with Gasteiger partial charge in [-0.3, -0.25) is 0 Å². The summed E-state index contributed by atoms with van der Waals surface area (Å²) >= 11 is 0. The van der Waals surface area contributed by atoms with Gasteiger partial charge in [0.1, 0.15) is 23.4 Å². The summed E-state index contributed by atoms with van der Waals surface area (Å²) in [6, 6.07) is 15.5. The average Bonchev–Trinajstić information content (AvgIpc) is 2.54. The molecule has 118 valence electrons. The highest BCUT2D eigenvalue weighted by molar-refractivity contribution is 5.48. The van der Waals surface area contributed by atoms with Gasteiger partial charge in [-0.1, -0.05) is 6.07 Å². The third-order valence-electron chi connectivity index (χ3n) is 3.14. The van der Waals surface area contributed by atoms with Crippen molar-refractivity contribution in [3.8, 4) is 17.2 Å². The Balaban J connectivity index is 1.83. The summed E-state index contributed by atoms with van der Waals surface area (Å²) < 4.78 is 16.5. The number of hydrogen-bond donors (Lipinski definition) is 1. The van der Waals surface area contributed by atoms with E-state index in [1.807, 2.05) is 62.4 Å². The molecule has 2 rings (SSSR count). The normalized spacial score (nSPS) is 11.6. The fourth-order valence-electron chi connectivity index (χ4n) is 2.05. The summed E-state index contributed by atoms with van der Waals surface area (Å²) in [4.78, 5) is 0. The standard InChI is InChI=1S/C18H23NO3/c1-4-21-18-7-5-6-15(12-18)19-13-14(2)22-17-10-8-16(20-3)9-11-17/h5-12,14,19H,4,13H2,1-3H3/t14-/m1/s1. The van der Waals surface area contributed by atoms with Gasteiger partial charge in [0.25, 0.3) is 0 Å². The fourth-order valence-corrected chi connectivity index (χ4v) is 2.05. The van der Waals surface area contributed by atoms with Crippen molar-refractivity contribution < 1.29 is 14.2 Å². The lowest BCUT2D eigenvalue weighted by atomic mass is 10.3. The molecule has 0 saturated carbocycles. The first-order chi connectivity index (χ1) is 10.7. The van der Waals surface area contributed by atoms with Gasteiger partial charge in [-0.15, -0.1) is 0 Å². The zero-order valence-corrected chi connectivity index (χ0v) is 13.3. The van der Waals surface area contributed by atoms with Crippen molar-refractivity contribution in [3.63, 3.8) is 0 Å². The van der Waals surface area contributed by atoms with E-state index in [0.29, 0.717) is 13.2 Å². The van der Waals surface area contributed by atoms with Crippen LogP contribution in [0, 0.1) is 0 Å². The van der Waals surface area contributed by atoms with Gasteiger partial charge in [-0.2, -0.15) is 0 Å². The second-order valence-electron chi connectivity index (χ2n) is 4.95. The second-order valence-corrected chi connectivity index (χ2v) is 4.95. The van der Waals surface area contributed by atoms with Gasteiger partial charge in [0, 0.05) is 11.8 Å². The molecule has 0 unspecified atom stereocenters. The Morgan fingerprint density at radius 3 is 2.41 bits per heavy atom. The lowest BCUT2D eigenvalue weighted by Gasteiger charge is -2.16. The average molecular weight is 301 g/mol. The number of rotatable bonds is 8. The third kappa shape index (κ3) is 4.88. The minimum atomic E-state index is 0.0455. The van der Waals surface area contributed by atoms with Crippen LogP contribution in [0.25, 0.3) is 0 Å². The largest absolute Gasteiger partial charge is 0.497 e. The number of methoxy groups -OCH3 is 1. The Labute approximate surface area is 132 Å². The van der Waals surface area contributed by atoms with Crippen molar-refractivity contribution in [1.29, 1.82) is 0 Å². The quantitative estimate of drug-likeness (QED) is 0.801. The molecule has 0 aromatic heterocycles. The van der Waals surface area contributed by atoms with Crippen LogP contribution >= 0.6 is 0 Å². The number of benzene rings is 2. The Kier molecular flexibility index (Phi) is 5.95. The van der Waals surface area contributed by atoms with E-state index in [1.54, 1.807) is 7.11 Å². The van der Waals surface area contributed by atoms with Gasteiger partial charge in [0.2, 0.25) is 0 Å². The van der Waals surface area contributed by atoms with Crippen molar-refractivity contribution >= 4 is 5.69 Å². The predicted octanol–water partition coefficient (Wildman–Crippen LogP) is 3.97. The molecular formula is C18H23NO3. The molecule has 0 saturated heterocycles. The maximum atomic E-state index is 5.86. The molecule has 22 heavy (non-hydrogen) atoms. The van der Waals surface area contributed by atoms with Crippen LogP contribution < -0.4 is 19.5 Å². The molecule has 4 nitrogen and oxygen atoms in total. The van der Waals surface area contributed by atoms with Gasteiger partial charge < -0.3 is 19.5 Å². The number of hydrogen-bond acceptors (Lipinski definition) is 4. The molecule has 0 aliphatic carbocycles. The van der Waals surface area contributed by atoms with E-state index in [1.165, 1.54) is 0 Å². The zero-order valence-electron chi connectivity index (χ0n) is 13.3. The molecule has 4 heteroatoms. The molecule has 0 aliphatic heterocycles. The van der Waals surface area contributed by atoms with E-state index < -0.39 is 0 Å². The van der Waals surface area contributed by atoms with Gasteiger partial charge >= 0.3 is 0 Å². The van der Waals surface area contributed by atoms with Crippen LogP contribution in [0.15, 0.2) is 48.5 Å².